The van der Waals surface area contributed by atoms with Gasteiger partial charge in [-0.15, -0.1) is 0 Å². The topological polar surface area (TPSA) is 52.3 Å². The minimum atomic E-state index is -0.0642. The summed E-state index contributed by atoms with van der Waals surface area (Å²) in [5, 5.41) is 0. The van der Waals surface area contributed by atoms with Gasteiger partial charge in [0.05, 0.1) is 19.1 Å². The zero-order chi connectivity index (χ0) is 14.6. The highest BCUT2D eigenvalue weighted by molar-refractivity contribution is 5.82. The molecule has 3 heteroatoms. The standard InChI is InChI=1S/C17H33NO2/c1-2-3-4-5-6-7-8-9-10-11-12-17(19)15-13-20-14-16(15)18/h15-16H,2-14,18H2,1H3. The quantitative estimate of drug-likeness (QED) is 0.554. The lowest BCUT2D eigenvalue weighted by Gasteiger charge is -2.11. The number of unbranched alkanes of at least 4 members (excludes halogenated alkanes) is 9. The first kappa shape index (κ1) is 17.6. The molecule has 1 heterocycles. The van der Waals surface area contributed by atoms with E-state index in [1.54, 1.807) is 0 Å². The Morgan fingerprint density at radius 2 is 1.50 bits per heavy atom. The summed E-state index contributed by atoms with van der Waals surface area (Å²) in [6, 6.07) is -0.0642. The summed E-state index contributed by atoms with van der Waals surface area (Å²) >= 11 is 0. The minimum absolute atomic E-state index is 0.0337. The number of hydrogen-bond donors (Lipinski definition) is 1. The van der Waals surface area contributed by atoms with E-state index >= 15 is 0 Å². The van der Waals surface area contributed by atoms with E-state index in [0.29, 0.717) is 25.4 Å². The number of hydrogen-bond acceptors (Lipinski definition) is 3. The van der Waals surface area contributed by atoms with Crippen molar-refractivity contribution in [2.24, 2.45) is 11.7 Å². The van der Waals surface area contributed by atoms with Crippen LogP contribution in [0, 0.1) is 5.92 Å². The van der Waals surface area contributed by atoms with E-state index in [-0.39, 0.29) is 12.0 Å². The number of rotatable bonds is 12. The Balaban J connectivity index is 1.86. The number of carbonyl (C=O) groups is 1. The SMILES string of the molecule is CCCCCCCCCCCCC(=O)C1COCC1N. The van der Waals surface area contributed by atoms with E-state index in [1.165, 1.54) is 57.8 Å². The van der Waals surface area contributed by atoms with Gasteiger partial charge in [0.2, 0.25) is 0 Å². The molecule has 1 rings (SSSR count). The van der Waals surface area contributed by atoms with Crippen molar-refractivity contribution in [1.29, 1.82) is 0 Å². The van der Waals surface area contributed by atoms with Crippen LogP contribution in [0.5, 0.6) is 0 Å². The minimum Gasteiger partial charge on any atom is -0.379 e. The Labute approximate surface area is 124 Å². The van der Waals surface area contributed by atoms with Crippen LogP contribution in [0.1, 0.15) is 77.6 Å². The molecule has 0 bridgehead atoms. The van der Waals surface area contributed by atoms with Gasteiger partial charge in [0.25, 0.3) is 0 Å². The summed E-state index contributed by atoms with van der Waals surface area (Å²) in [6.45, 7) is 3.35. The van der Waals surface area contributed by atoms with Crippen molar-refractivity contribution in [3.63, 3.8) is 0 Å². The number of nitrogens with two attached hydrogens (primary N) is 1. The predicted molar refractivity (Wildman–Crippen MR) is 83.8 cm³/mol. The molecule has 20 heavy (non-hydrogen) atoms. The molecule has 0 amide bonds. The summed E-state index contributed by atoms with van der Waals surface area (Å²) in [5.74, 6) is 0.281. The number of carbonyl (C=O) groups excluding carboxylic acids is 1. The molecule has 0 spiro atoms. The Kier molecular flexibility index (Phi) is 9.94. The fraction of sp³-hybridized carbons (Fsp3) is 0.941. The summed E-state index contributed by atoms with van der Waals surface area (Å²) < 4.78 is 5.24. The third-order valence-electron chi connectivity index (χ3n) is 4.31. The van der Waals surface area contributed by atoms with E-state index in [1.807, 2.05) is 0 Å². The molecule has 0 radical (unpaired) electrons. The van der Waals surface area contributed by atoms with Gasteiger partial charge in [-0.25, -0.2) is 0 Å². The highest BCUT2D eigenvalue weighted by Crippen LogP contribution is 2.17. The third-order valence-corrected chi connectivity index (χ3v) is 4.31. The Hall–Kier alpha value is -0.410. The van der Waals surface area contributed by atoms with Gasteiger partial charge in [0.1, 0.15) is 5.78 Å². The van der Waals surface area contributed by atoms with Crippen molar-refractivity contribution in [3.8, 4) is 0 Å². The lowest BCUT2D eigenvalue weighted by molar-refractivity contribution is -0.123. The average molecular weight is 283 g/mol. The van der Waals surface area contributed by atoms with Crippen LogP contribution in [0.2, 0.25) is 0 Å². The molecule has 0 aliphatic carbocycles. The first-order valence-electron chi connectivity index (χ1n) is 8.61. The van der Waals surface area contributed by atoms with Crippen molar-refractivity contribution >= 4 is 5.78 Å². The maximum absolute atomic E-state index is 11.9. The van der Waals surface area contributed by atoms with Crippen LogP contribution in [0.15, 0.2) is 0 Å². The maximum Gasteiger partial charge on any atom is 0.139 e. The lowest BCUT2D eigenvalue weighted by Crippen LogP contribution is -2.33. The van der Waals surface area contributed by atoms with Crippen LogP contribution < -0.4 is 5.73 Å². The summed E-state index contributed by atoms with van der Waals surface area (Å²) in [6.07, 6.45) is 13.7. The second-order valence-corrected chi connectivity index (χ2v) is 6.21. The Morgan fingerprint density at radius 3 is 2.00 bits per heavy atom. The zero-order valence-electron chi connectivity index (χ0n) is 13.2. The van der Waals surface area contributed by atoms with Gasteiger partial charge in [0.15, 0.2) is 0 Å². The van der Waals surface area contributed by atoms with Gasteiger partial charge in [-0.1, -0.05) is 64.7 Å². The molecule has 1 aliphatic rings. The monoisotopic (exact) mass is 283 g/mol. The van der Waals surface area contributed by atoms with Crippen LogP contribution in [-0.2, 0) is 9.53 Å². The molecule has 2 N–H and O–H groups in total. The van der Waals surface area contributed by atoms with Crippen molar-refractivity contribution in [2.75, 3.05) is 13.2 Å². The fourth-order valence-electron chi connectivity index (χ4n) is 2.87. The number of ketones is 1. The molecule has 1 saturated heterocycles. The van der Waals surface area contributed by atoms with Gasteiger partial charge >= 0.3 is 0 Å². The van der Waals surface area contributed by atoms with E-state index in [0.717, 1.165) is 6.42 Å². The molecule has 1 aliphatic heterocycles. The molecule has 0 aromatic heterocycles. The Morgan fingerprint density at radius 1 is 0.950 bits per heavy atom. The first-order valence-corrected chi connectivity index (χ1v) is 8.61. The van der Waals surface area contributed by atoms with Gasteiger partial charge in [-0.3, -0.25) is 4.79 Å². The van der Waals surface area contributed by atoms with E-state index in [4.69, 9.17) is 10.5 Å². The maximum atomic E-state index is 11.9. The number of ether oxygens (including phenoxy) is 1. The molecule has 0 aromatic carbocycles. The molecule has 3 nitrogen and oxygen atoms in total. The van der Waals surface area contributed by atoms with Gasteiger partial charge in [-0.2, -0.15) is 0 Å². The number of Topliss-reactive ketones (excluding diaryl/α,β-unsaturated/α-hetero) is 1. The van der Waals surface area contributed by atoms with Gasteiger partial charge in [-0.05, 0) is 6.42 Å². The second kappa shape index (κ2) is 11.3. The highest BCUT2D eigenvalue weighted by Gasteiger charge is 2.30. The largest absolute Gasteiger partial charge is 0.379 e. The van der Waals surface area contributed by atoms with E-state index < -0.39 is 0 Å². The fourth-order valence-corrected chi connectivity index (χ4v) is 2.87. The van der Waals surface area contributed by atoms with Crippen molar-refractivity contribution < 1.29 is 9.53 Å². The molecule has 0 aromatic rings. The molecule has 118 valence electrons. The van der Waals surface area contributed by atoms with Crippen LogP contribution in [0.25, 0.3) is 0 Å². The van der Waals surface area contributed by atoms with Crippen LogP contribution in [-0.4, -0.2) is 25.0 Å². The highest BCUT2D eigenvalue weighted by atomic mass is 16.5. The van der Waals surface area contributed by atoms with Crippen molar-refractivity contribution in [3.05, 3.63) is 0 Å². The molecule has 2 unspecified atom stereocenters. The molecule has 2 atom stereocenters. The normalized spacial score (nSPS) is 22.3. The second-order valence-electron chi connectivity index (χ2n) is 6.21. The summed E-state index contributed by atoms with van der Waals surface area (Å²) in [5.41, 5.74) is 5.85. The summed E-state index contributed by atoms with van der Waals surface area (Å²) in [7, 11) is 0. The summed E-state index contributed by atoms with van der Waals surface area (Å²) in [4.78, 5) is 11.9. The average Bonchev–Trinajstić information content (AvgIpc) is 2.87. The molecule has 1 fully saturated rings. The van der Waals surface area contributed by atoms with E-state index in [2.05, 4.69) is 6.92 Å². The van der Waals surface area contributed by atoms with Crippen LogP contribution in [0.3, 0.4) is 0 Å². The first-order chi connectivity index (χ1) is 9.75. The van der Waals surface area contributed by atoms with Crippen molar-refractivity contribution in [1.82, 2.24) is 0 Å². The van der Waals surface area contributed by atoms with Crippen molar-refractivity contribution in [2.45, 2.75) is 83.6 Å². The Bertz CT molecular complexity index is 255. The zero-order valence-corrected chi connectivity index (χ0v) is 13.2. The van der Waals surface area contributed by atoms with Gasteiger partial charge in [0, 0.05) is 12.5 Å². The van der Waals surface area contributed by atoms with Gasteiger partial charge < -0.3 is 10.5 Å². The van der Waals surface area contributed by atoms with Crippen LogP contribution in [0.4, 0.5) is 0 Å². The lowest BCUT2D eigenvalue weighted by atomic mass is 9.95. The molecular formula is C17H33NO2. The van der Waals surface area contributed by atoms with E-state index in [9.17, 15) is 4.79 Å². The third kappa shape index (κ3) is 7.39. The smallest absolute Gasteiger partial charge is 0.139 e. The molecular weight excluding hydrogens is 250 g/mol. The molecule has 0 saturated carbocycles. The van der Waals surface area contributed by atoms with Crippen LogP contribution >= 0.6 is 0 Å². The predicted octanol–water partition coefficient (Wildman–Crippen LogP) is 3.84.